The van der Waals surface area contributed by atoms with Crippen LogP contribution in [0.4, 0.5) is 10.8 Å². The van der Waals surface area contributed by atoms with Gasteiger partial charge in [0.15, 0.2) is 5.13 Å². The third-order valence-corrected chi connectivity index (χ3v) is 6.91. The Hall–Kier alpha value is -1.48. The smallest absolute Gasteiger partial charge is 0.265 e. The molecule has 4 rings (SSSR count). The Bertz CT molecular complexity index is 914. The molecule has 8 heteroatoms. The summed E-state index contributed by atoms with van der Waals surface area (Å²) in [5, 5.41) is 4.03. The fourth-order valence-corrected chi connectivity index (χ4v) is 5.09. The zero-order chi connectivity index (χ0) is 17.4. The molecule has 1 amide bonds. The van der Waals surface area contributed by atoms with E-state index in [1.165, 1.54) is 11.3 Å². The average Bonchev–Trinajstić information content (AvgIpc) is 3.21. The number of nitrogens with zero attached hydrogens (tertiary/aromatic N) is 3. The van der Waals surface area contributed by atoms with E-state index in [1.54, 1.807) is 11.3 Å². The number of halogens is 1. The molecular weight excluding hydrogens is 420 g/mol. The quantitative estimate of drug-likeness (QED) is 0.670. The summed E-state index contributed by atoms with van der Waals surface area (Å²) in [5.41, 5.74) is 1.78. The van der Waals surface area contributed by atoms with Crippen LogP contribution < -0.4 is 10.2 Å². The van der Waals surface area contributed by atoms with E-state index in [0.717, 1.165) is 51.0 Å². The van der Waals surface area contributed by atoms with E-state index in [1.807, 2.05) is 30.3 Å². The fraction of sp³-hybridized carbons (Fsp3) is 0.294. The summed E-state index contributed by atoms with van der Waals surface area (Å²) < 4.78 is 2.05. The number of piperazine rings is 1. The van der Waals surface area contributed by atoms with Crippen molar-refractivity contribution in [2.75, 3.05) is 43.4 Å². The summed E-state index contributed by atoms with van der Waals surface area (Å²) in [6.07, 6.45) is 0. The van der Waals surface area contributed by atoms with Gasteiger partial charge >= 0.3 is 0 Å². The largest absolute Gasteiger partial charge is 0.345 e. The van der Waals surface area contributed by atoms with Crippen LogP contribution in [-0.4, -0.2) is 49.0 Å². The Morgan fingerprint density at radius 3 is 2.68 bits per heavy atom. The molecule has 1 fully saturated rings. The van der Waals surface area contributed by atoms with Crippen LogP contribution in [0.2, 0.25) is 0 Å². The standard InChI is InChI=1S/C17H17BrN4OS2/c1-21-6-8-22(9-7-21)17-20-12-3-2-11(10-14(12)25-17)19-16(23)13-4-5-15(18)24-13/h2-5,10H,6-9H2,1H3,(H,19,23). The number of hydrogen-bond acceptors (Lipinski definition) is 6. The Morgan fingerprint density at radius 2 is 1.96 bits per heavy atom. The molecule has 1 saturated heterocycles. The van der Waals surface area contributed by atoms with E-state index in [4.69, 9.17) is 4.98 Å². The number of thiophene rings is 1. The molecule has 0 unspecified atom stereocenters. The molecular formula is C17H17BrN4OS2. The normalized spacial score (nSPS) is 15.7. The number of benzene rings is 1. The topological polar surface area (TPSA) is 48.5 Å². The average molecular weight is 437 g/mol. The molecule has 3 heterocycles. The fourth-order valence-electron chi connectivity index (χ4n) is 2.75. The number of hydrogen-bond donors (Lipinski definition) is 1. The van der Waals surface area contributed by atoms with Gasteiger partial charge < -0.3 is 15.1 Å². The van der Waals surface area contributed by atoms with Crippen molar-refractivity contribution >= 4 is 65.5 Å². The SMILES string of the molecule is CN1CCN(c2nc3ccc(NC(=O)c4ccc(Br)s4)cc3s2)CC1. The third kappa shape index (κ3) is 3.72. The van der Waals surface area contributed by atoms with Crippen molar-refractivity contribution in [3.05, 3.63) is 39.0 Å². The van der Waals surface area contributed by atoms with Crippen molar-refractivity contribution in [1.29, 1.82) is 0 Å². The van der Waals surface area contributed by atoms with Gasteiger partial charge in [0.05, 0.1) is 18.9 Å². The summed E-state index contributed by atoms with van der Waals surface area (Å²) in [6, 6.07) is 9.60. The molecule has 130 valence electrons. The molecule has 0 atom stereocenters. The number of fused-ring (bicyclic) bond motifs is 1. The van der Waals surface area contributed by atoms with Gasteiger partial charge in [-0.2, -0.15) is 0 Å². The lowest BCUT2D eigenvalue weighted by Crippen LogP contribution is -2.44. The minimum absolute atomic E-state index is 0.0844. The summed E-state index contributed by atoms with van der Waals surface area (Å²) >= 11 is 6.50. The van der Waals surface area contributed by atoms with E-state index in [9.17, 15) is 4.79 Å². The maximum absolute atomic E-state index is 12.3. The Morgan fingerprint density at radius 1 is 1.16 bits per heavy atom. The third-order valence-electron chi connectivity index (χ3n) is 4.21. The zero-order valence-corrected chi connectivity index (χ0v) is 16.9. The molecule has 3 aromatic rings. The van der Waals surface area contributed by atoms with Crippen molar-refractivity contribution in [3.63, 3.8) is 0 Å². The first kappa shape index (κ1) is 17.0. The predicted octanol–water partition coefficient (Wildman–Crippen LogP) is 4.12. The monoisotopic (exact) mass is 436 g/mol. The molecule has 25 heavy (non-hydrogen) atoms. The molecule has 1 aliphatic heterocycles. The van der Waals surface area contributed by atoms with Gasteiger partial charge in [-0.05, 0) is 53.3 Å². The molecule has 0 radical (unpaired) electrons. The van der Waals surface area contributed by atoms with Crippen molar-refractivity contribution in [2.24, 2.45) is 0 Å². The maximum Gasteiger partial charge on any atom is 0.265 e. The first-order chi connectivity index (χ1) is 12.1. The molecule has 0 bridgehead atoms. The van der Waals surface area contributed by atoms with Gasteiger partial charge in [0.1, 0.15) is 0 Å². The Balaban J connectivity index is 1.53. The van der Waals surface area contributed by atoms with Gasteiger partial charge in [0.25, 0.3) is 5.91 Å². The van der Waals surface area contributed by atoms with Crippen LogP contribution >= 0.6 is 38.6 Å². The van der Waals surface area contributed by atoms with E-state index in [2.05, 4.69) is 38.1 Å². The number of amides is 1. The summed E-state index contributed by atoms with van der Waals surface area (Å²) in [5.74, 6) is -0.0844. The second-order valence-electron chi connectivity index (χ2n) is 6.03. The van der Waals surface area contributed by atoms with Crippen LogP contribution in [-0.2, 0) is 0 Å². The van der Waals surface area contributed by atoms with Crippen molar-refractivity contribution in [3.8, 4) is 0 Å². The predicted molar refractivity (Wildman–Crippen MR) is 109 cm³/mol. The van der Waals surface area contributed by atoms with E-state index in [-0.39, 0.29) is 5.91 Å². The number of nitrogens with one attached hydrogen (secondary N) is 1. The number of aromatic nitrogens is 1. The van der Waals surface area contributed by atoms with Gasteiger partial charge in [-0.25, -0.2) is 4.98 Å². The summed E-state index contributed by atoms with van der Waals surface area (Å²) in [4.78, 5) is 22.4. The van der Waals surface area contributed by atoms with Gasteiger partial charge in [-0.1, -0.05) is 11.3 Å². The number of carbonyl (C=O) groups excluding carboxylic acids is 1. The van der Waals surface area contributed by atoms with Crippen molar-refractivity contribution in [2.45, 2.75) is 0 Å². The molecule has 0 saturated carbocycles. The Kier molecular flexibility index (Phi) is 4.77. The van der Waals surface area contributed by atoms with E-state index >= 15 is 0 Å². The van der Waals surface area contributed by atoms with Gasteiger partial charge in [-0.3, -0.25) is 4.79 Å². The second kappa shape index (κ2) is 7.03. The molecule has 0 spiro atoms. The lowest BCUT2D eigenvalue weighted by molar-refractivity contribution is 0.103. The number of likely N-dealkylation sites (N-methyl/N-ethyl adjacent to an activating group) is 1. The van der Waals surface area contributed by atoms with Crippen LogP contribution in [0.1, 0.15) is 9.67 Å². The highest BCUT2D eigenvalue weighted by molar-refractivity contribution is 9.11. The summed E-state index contributed by atoms with van der Waals surface area (Å²) in [7, 11) is 2.15. The van der Waals surface area contributed by atoms with Gasteiger partial charge in [-0.15, -0.1) is 11.3 Å². The molecule has 0 aliphatic carbocycles. The molecule has 1 aromatic carbocycles. The van der Waals surface area contributed by atoms with Crippen LogP contribution in [0.3, 0.4) is 0 Å². The second-order valence-corrected chi connectivity index (χ2v) is 9.50. The lowest BCUT2D eigenvalue weighted by atomic mass is 10.3. The van der Waals surface area contributed by atoms with E-state index in [0.29, 0.717) is 4.88 Å². The maximum atomic E-state index is 12.3. The number of thiazole rings is 1. The zero-order valence-electron chi connectivity index (χ0n) is 13.7. The minimum atomic E-state index is -0.0844. The number of rotatable bonds is 3. The highest BCUT2D eigenvalue weighted by atomic mass is 79.9. The van der Waals surface area contributed by atoms with Crippen LogP contribution in [0, 0.1) is 0 Å². The molecule has 1 aliphatic rings. The first-order valence-electron chi connectivity index (χ1n) is 7.99. The molecule has 5 nitrogen and oxygen atoms in total. The lowest BCUT2D eigenvalue weighted by Gasteiger charge is -2.31. The van der Waals surface area contributed by atoms with Crippen molar-refractivity contribution in [1.82, 2.24) is 9.88 Å². The highest BCUT2D eigenvalue weighted by Gasteiger charge is 2.18. The number of anilines is 2. The van der Waals surface area contributed by atoms with Crippen LogP contribution in [0.15, 0.2) is 34.1 Å². The summed E-state index contributed by atoms with van der Waals surface area (Å²) in [6.45, 7) is 4.14. The number of carbonyl (C=O) groups is 1. The van der Waals surface area contributed by atoms with Gasteiger partial charge in [0, 0.05) is 31.9 Å². The minimum Gasteiger partial charge on any atom is -0.345 e. The van der Waals surface area contributed by atoms with Gasteiger partial charge in [0.2, 0.25) is 0 Å². The molecule has 2 aromatic heterocycles. The first-order valence-corrected chi connectivity index (χ1v) is 10.4. The molecule has 1 N–H and O–H groups in total. The van der Waals surface area contributed by atoms with Crippen molar-refractivity contribution < 1.29 is 4.79 Å². The Labute approximate surface area is 162 Å². The highest BCUT2D eigenvalue weighted by Crippen LogP contribution is 2.31. The van der Waals surface area contributed by atoms with E-state index < -0.39 is 0 Å². The van der Waals surface area contributed by atoms with Crippen LogP contribution in [0.5, 0.6) is 0 Å². The van der Waals surface area contributed by atoms with Crippen LogP contribution in [0.25, 0.3) is 10.2 Å².